The fourth-order valence-corrected chi connectivity index (χ4v) is 4.42. The number of allylic oxidation sites excluding steroid dienone is 1. The Hall–Kier alpha value is -4.76. The largest absolute Gasteiger partial charge is 0.495 e. The van der Waals surface area contributed by atoms with Gasteiger partial charge in [0, 0.05) is 16.1 Å². The van der Waals surface area contributed by atoms with Crippen LogP contribution in [0.2, 0.25) is 5.02 Å². The molecule has 0 unspecified atom stereocenters. The van der Waals surface area contributed by atoms with E-state index in [9.17, 15) is 14.4 Å². The highest BCUT2D eigenvalue weighted by molar-refractivity contribution is 6.31. The van der Waals surface area contributed by atoms with Crippen LogP contribution in [0.5, 0.6) is 17.2 Å². The number of ether oxygens (including phenoxy) is 3. The lowest BCUT2D eigenvalue weighted by molar-refractivity contribution is -0.127. The highest BCUT2D eigenvalue weighted by Gasteiger charge is 2.35. The van der Waals surface area contributed by atoms with Crippen molar-refractivity contribution in [3.05, 3.63) is 101 Å². The predicted octanol–water partition coefficient (Wildman–Crippen LogP) is 5.59. The van der Waals surface area contributed by atoms with Gasteiger partial charge in [-0.1, -0.05) is 48.0 Å². The zero-order chi connectivity index (χ0) is 29.4. The second-order valence-corrected chi connectivity index (χ2v) is 9.35. The molecule has 0 aromatic heterocycles. The monoisotopic (exact) mass is 575 g/mol. The van der Waals surface area contributed by atoms with Crippen molar-refractivity contribution in [3.8, 4) is 17.2 Å². The Morgan fingerprint density at radius 1 is 1.05 bits per heavy atom. The highest BCUT2D eigenvalue weighted by Crippen LogP contribution is 2.36. The van der Waals surface area contributed by atoms with Crippen molar-refractivity contribution in [2.24, 2.45) is 0 Å². The standard InChI is InChI=1S/C31H30ClN3O6/c1-4-10-21-15-20(17-27(40-5-2)29(21)41-19-22-11-6-7-12-23(22)32)16-25-30(37)35(31(38)34-25)18-28(36)33-24-13-8-9-14-26(24)39-3/h4,6-9,11-17H,1,5,10,18-19H2,2-3H3,(H,33,36)(H,34,38)/b25-16+. The van der Waals surface area contributed by atoms with Gasteiger partial charge in [0.2, 0.25) is 5.91 Å². The van der Waals surface area contributed by atoms with Gasteiger partial charge in [0.1, 0.15) is 24.6 Å². The molecule has 4 rings (SSSR count). The number of benzene rings is 3. The number of hydrogen-bond donors (Lipinski definition) is 2. The highest BCUT2D eigenvalue weighted by atomic mass is 35.5. The van der Waals surface area contributed by atoms with E-state index in [1.165, 1.54) is 13.2 Å². The molecule has 3 aromatic rings. The molecule has 3 aromatic carbocycles. The van der Waals surface area contributed by atoms with Crippen molar-refractivity contribution >= 4 is 41.2 Å². The number of nitrogens with one attached hydrogen (secondary N) is 2. The maximum Gasteiger partial charge on any atom is 0.329 e. The minimum absolute atomic E-state index is 0.0248. The summed E-state index contributed by atoms with van der Waals surface area (Å²) in [6.45, 7) is 5.83. The average Bonchev–Trinajstić information content (AvgIpc) is 3.21. The normalized spacial score (nSPS) is 13.6. The number of urea groups is 1. The van der Waals surface area contributed by atoms with Crippen LogP contribution in [0.15, 0.2) is 79.0 Å². The number of methoxy groups -OCH3 is 1. The molecule has 0 bridgehead atoms. The summed E-state index contributed by atoms with van der Waals surface area (Å²) in [4.78, 5) is 39.2. The van der Waals surface area contributed by atoms with E-state index in [0.29, 0.717) is 46.5 Å². The van der Waals surface area contributed by atoms with Crippen LogP contribution in [-0.4, -0.2) is 43.0 Å². The Kier molecular flexibility index (Phi) is 9.65. The summed E-state index contributed by atoms with van der Waals surface area (Å²) in [5.41, 5.74) is 2.64. The quantitative estimate of drug-likeness (QED) is 0.166. The molecule has 9 nitrogen and oxygen atoms in total. The molecule has 0 aliphatic carbocycles. The van der Waals surface area contributed by atoms with E-state index < -0.39 is 24.4 Å². The first kappa shape index (κ1) is 29.2. The third-order valence-corrected chi connectivity index (χ3v) is 6.47. The lowest BCUT2D eigenvalue weighted by Gasteiger charge is -2.17. The minimum atomic E-state index is -0.701. The third kappa shape index (κ3) is 7.06. The van der Waals surface area contributed by atoms with Gasteiger partial charge in [-0.2, -0.15) is 0 Å². The molecule has 1 fully saturated rings. The smallest absolute Gasteiger partial charge is 0.329 e. The molecule has 1 saturated heterocycles. The second-order valence-electron chi connectivity index (χ2n) is 8.94. The molecule has 0 atom stereocenters. The van der Waals surface area contributed by atoms with Gasteiger partial charge in [-0.25, -0.2) is 9.69 Å². The first-order valence-electron chi connectivity index (χ1n) is 12.9. The van der Waals surface area contributed by atoms with Crippen LogP contribution in [0.25, 0.3) is 6.08 Å². The van der Waals surface area contributed by atoms with E-state index in [1.54, 1.807) is 42.5 Å². The van der Waals surface area contributed by atoms with Crippen molar-refractivity contribution in [2.45, 2.75) is 20.0 Å². The third-order valence-electron chi connectivity index (χ3n) is 6.10. The average molecular weight is 576 g/mol. The molecule has 0 radical (unpaired) electrons. The van der Waals surface area contributed by atoms with Gasteiger partial charge in [0.05, 0.1) is 19.4 Å². The van der Waals surface area contributed by atoms with Crippen LogP contribution in [0, 0.1) is 0 Å². The molecule has 1 aliphatic rings. The van der Waals surface area contributed by atoms with Crippen molar-refractivity contribution in [3.63, 3.8) is 0 Å². The van der Waals surface area contributed by atoms with Crippen LogP contribution < -0.4 is 24.8 Å². The van der Waals surface area contributed by atoms with Crippen LogP contribution in [0.4, 0.5) is 10.5 Å². The molecule has 1 heterocycles. The van der Waals surface area contributed by atoms with Crippen molar-refractivity contribution in [2.75, 3.05) is 25.6 Å². The summed E-state index contributed by atoms with van der Waals surface area (Å²) >= 11 is 6.30. The van der Waals surface area contributed by atoms with Crippen LogP contribution in [-0.2, 0) is 22.6 Å². The fraction of sp³-hybridized carbons (Fsp3) is 0.194. The molecule has 41 heavy (non-hydrogen) atoms. The van der Waals surface area contributed by atoms with E-state index in [4.69, 9.17) is 25.8 Å². The maximum absolute atomic E-state index is 13.1. The van der Waals surface area contributed by atoms with Gasteiger partial charge in [-0.05, 0) is 55.3 Å². The first-order valence-corrected chi connectivity index (χ1v) is 13.3. The Morgan fingerprint density at radius 3 is 2.54 bits per heavy atom. The number of amides is 4. The molecular formula is C31H30ClN3O6. The Labute approximate surface area is 243 Å². The van der Waals surface area contributed by atoms with Gasteiger partial charge in [-0.3, -0.25) is 9.59 Å². The molecule has 212 valence electrons. The number of nitrogens with zero attached hydrogens (tertiary/aromatic N) is 1. The first-order chi connectivity index (χ1) is 19.8. The topological polar surface area (TPSA) is 106 Å². The molecule has 0 spiro atoms. The van der Waals surface area contributed by atoms with E-state index in [2.05, 4.69) is 17.2 Å². The summed E-state index contributed by atoms with van der Waals surface area (Å²) in [5.74, 6) is 0.276. The molecular weight excluding hydrogens is 546 g/mol. The number of carbonyl (C=O) groups excluding carboxylic acids is 3. The lowest BCUT2D eigenvalue weighted by atomic mass is 10.0. The Morgan fingerprint density at radius 2 is 1.80 bits per heavy atom. The Balaban J connectivity index is 1.55. The molecule has 1 aliphatic heterocycles. The van der Waals surface area contributed by atoms with Crippen molar-refractivity contribution in [1.82, 2.24) is 10.2 Å². The number of para-hydroxylation sites is 2. The van der Waals surface area contributed by atoms with Gasteiger partial charge in [0.25, 0.3) is 5.91 Å². The molecule has 0 saturated carbocycles. The Bertz CT molecular complexity index is 1500. The van der Waals surface area contributed by atoms with E-state index in [0.717, 1.165) is 16.0 Å². The molecule has 2 N–H and O–H groups in total. The number of rotatable bonds is 12. The van der Waals surface area contributed by atoms with Gasteiger partial charge < -0.3 is 24.8 Å². The van der Waals surface area contributed by atoms with Gasteiger partial charge >= 0.3 is 6.03 Å². The number of halogens is 1. The summed E-state index contributed by atoms with van der Waals surface area (Å²) in [6, 6.07) is 17.1. The van der Waals surface area contributed by atoms with Crippen molar-refractivity contribution < 1.29 is 28.6 Å². The van der Waals surface area contributed by atoms with Gasteiger partial charge in [-0.15, -0.1) is 6.58 Å². The fourth-order valence-electron chi connectivity index (χ4n) is 4.23. The van der Waals surface area contributed by atoms with E-state index in [1.807, 2.05) is 31.2 Å². The zero-order valence-electron chi connectivity index (χ0n) is 22.7. The SMILES string of the molecule is C=CCc1cc(/C=C2/NC(=O)N(CC(=O)Nc3ccccc3OC)C2=O)cc(OCC)c1OCc1ccccc1Cl. The van der Waals surface area contributed by atoms with Crippen molar-refractivity contribution in [1.29, 1.82) is 0 Å². The second kappa shape index (κ2) is 13.5. The predicted molar refractivity (Wildman–Crippen MR) is 157 cm³/mol. The number of hydrogen-bond acceptors (Lipinski definition) is 6. The molecule has 10 heteroatoms. The van der Waals surface area contributed by atoms with E-state index in [-0.39, 0.29) is 12.3 Å². The molecule has 4 amide bonds. The summed E-state index contributed by atoms with van der Waals surface area (Å²) < 4.78 is 17.3. The van der Waals surface area contributed by atoms with Crippen LogP contribution in [0.1, 0.15) is 23.6 Å². The van der Waals surface area contributed by atoms with Crippen LogP contribution in [0.3, 0.4) is 0 Å². The number of carbonyl (C=O) groups is 3. The minimum Gasteiger partial charge on any atom is -0.495 e. The number of anilines is 1. The number of imide groups is 1. The van der Waals surface area contributed by atoms with Gasteiger partial charge in [0.15, 0.2) is 11.5 Å². The summed E-state index contributed by atoms with van der Waals surface area (Å²) in [7, 11) is 1.48. The van der Waals surface area contributed by atoms with E-state index >= 15 is 0 Å². The maximum atomic E-state index is 13.1. The van der Waals surface area contributed by atoms with Crippen LogP contribution >= 0.6 is 11.6 Å². The lowest BCUT2D eigenvalue weighted by Crippen LogP contribution is -2.38. The summed E-state index contributed by atoms with van der Waals surface area (Å²) in [6.07, 6.45) is 3.73. The summed E-state index contributed by atoms with van der Waals surface area (Å²) in [5, 5.41) is 5.81. The zero-order valence-corrected chi connectivity index (χ0v) is 23.5.